The fraction of sp³-hybridized carbons (Fsp3) is 0.375. The monoisotopic (exact) mass is 258 g/mol. The summed E-state index contributed by atoms with van der Waals surface area (Å²) in [4.78, 5) is 2.40. The first-order chi connectivity index (χ1) is 9.38. The van der Waals surface area contributed by atoms with E-state index in [0.717, 1.165) is 44.8 Å². The molecule has 1 heterocycles. The Labute approximate surface area is 115 Å². The maximum atomic E-state index is 5.61. The highest BCUT2D eigenvalue weighted by molar-refractivity contribution is 5.14. The third-order valence-electron chi connectivity index (χ3n) is 3.20. The van der Waals surface area contributed by atoms with Crippen LogP contribution in [-0.4, -0.2) is 24.5 Å². The van der Waals surface area contributed by atoms with Crippen molar-refractivity contribution >= 4 is 0 Å². The fourth-order valence-corrected chi connectivity index (χ4v) is 2.14. The summed E-state index contributed by atoms with van der Waals surface area (Å²) in [6.07, 6.45) is 3.81. The van der Waals surface area contributed by atoms with Crippen LogP contribution in [0.2, 0.25) is 0 Å². The Balaban J connectivity index is 1.86. The zero-order valence-electron chi connectivity index (χ0n) is 11.3. The number of benzene rings is 1. The first-order valence-electron chi connectivity index (χ1n) is 6.87. The second kappa shape index (κ2) is 7.77. The Kier molecular flexibility index (Phi) is 5.66. The lowest BCUT2D eigenvalue weighted by Crippen LogP contribution is -2.28. The summed E-state index contributed by atoms with van der Waals surface area (Å²) in [6.45, 7) is 3.65. The molecule has 0 amide bonds. The van der Waals surface area contributed by atoms with E-state index in [-0.39, 0.29) is 0 Å². The van der Waals surface area contributed by atoms with E-state index in [1.54, 1.807) is 6.26 Å². The van der Waals surface area contributed by atoms with Gasteiger partial charge in [0, 0.05) is 6.54 Å². The summed E-state index contributed by atoms with van der Waals surface area (Å²) in [6, 6.07) is 14.5. The number of hydrogen-bond acceptors (Lipinski definition) is 3. The Morgan fingerprint density at radius 1 is 1.00 bits per heavy atom. The maximum absolute atomic E-state index is 5.61. The molecule has 2 rings (SSSR count). The number of hydrogen-bond donors (Lipinski definition) is 1. The number of nitrogens with two attached hydrogens (primary N) is 1. The van der Waals surface area contributed by atoms with Crippen LogP contribution in [0.4, 0.5) is 0 Å². The first-order valence-corrected chi connectivity index (χ1v) is 6.87. The third-order valence-corrected chi connectivity index (χ3v) is 3.20. The van der Waals surface area contributed by atoms with Crippen molar-refractivity contribution in [3.8, 4) is 0 Å². The van der Waals surface area contributed by atoms with Crippen molar-refractivity contribution in [2.24, 2.45) is 5.73 Å². The van der Waals surface area contributed by atoms with Crippen molar-refractivity contribution in [2.45, 2.75) is 19.4 Å². The minimum absolute atomic E-state index is 0.736. The highest BCUT2D eigenvalue weighted by atomic mass is 16.3. The van der Waals surface area contributed by atoms with Gasteiger partial charge in [-0.15, -0.1) is 0 Å². The molecule has 0 saturated heterocycles. The molecule has 0 aliphatic rings. The van der Waals surface area contributed by atoms with Crippen molar-refractivity contribution in [3.05, 3.63) is 60.1 Å². The SMILES string of the molecule is NCCCN(CCc1ccccc1)Cc1ccco1. The lowest BCUT2D eigenvalue weighted by atomic mass is 10.1. The van der Waals surface area contributed by atoms with Crippen LogP contribution in [0, 0.1) is 0 Å². The molecule has 1 aromatic carbocycles. The number of nitrogens with zero attached hydrogens (tertiary/aromatic N) is 1. The van der Waals surface area contributed by atoms with E-state index in [1.165, 1.54) is 5.56 Å². The highest BCUT2D eigenvalue weighted by Crippen LogP contribution is 2.08. The van der Waals surface area contributed by atoms with Crippen LogP contribution in [0.1, 0.15) is 17.7 Å². The number of rotatable bonds is 8. The van der Waals surface area contributed by atoms with Gasteiger partial charge >= 0.3 is 0 Å². The highest BCUT2D eigenvalue weighted by Gasteiger charge is 2.07. The van der Waals surface area contributed by atoms with Gasteiger partial charge in [0.05, 0.1) is 12.8 Å². The van der Waals surface area contributed by atoms with Gasteiger partial charge in [0.25, 0.3) is 0 Å². The van der Waals surface area contributed by atoms with Crippen LogP contribution in [0.25, 0.3) is 0 Å². The van der Waals surface area contributed by atoms with Crippen LogP contribution >= 0.6 is 0 Å². The summed E-state index contributed by atoms with van der Waals surface area (Å²) in [5.41, 5.74) is 6.98. The molecule has 3 nitrogen and oxygen atoms in total. The van der Waals surface area contributed by atoms with Gasteiger partial charge in [-0.05, 0) is 43.6 Å². The standard InChI is InChI=1S/C16H22N2O/c17-10-5-11-18(14-16-8-4-13-19-16)12-9-15-6-2-1-3-7-15/h1-4,6-8,13H,5,9-12,14,17H2. The van der Waals surface area contributed by atoms with E-state index in [2.05, 4.69) is 35.2 Å². The lowest BCUT2D eigenvalue weighted by Gasteiger charge is -2.20. The zero-order valence-corrected chi connectivity index (χ0v) is 11.3. The van der Waals surface area contributed by atoms with Crippen molar-refractivity contribution in [1.82, 2.24) is 4.90 Å². The van der Waals surface area contributed by atoms with E-state index >= 15 is 0 Å². The molecular weight excluding hydrogens is 236 g/mol. The molecule has 19 heavy (non-hydrogen) atoms. The van der Waals surface area contributed by atoms with Crippen LogP contribution in [-0.2, 0) is 13.0 Å². The maximum Gasteiger partial charge on any atom is 0.117 e. The smallest absolute Gasteiger partial charge is 0.117 e. The average Bonchev–Trinajstić information content (AvgIpc) is 2.96. The third kappa shape index (κ3) is 4.89. The molecule has 3 heteroatoms. The van der Waals surface area contributed by atoms with Crippen molar-refractivity contribution in [2.75, 3.05) is 19.6 Å². The molecule has 0 radical (unpaired) electrons. The Morgan fingerprint density at radius 3 is 2.53 bits per heavy atom. The predicted octanol–water partition coefficient (Wildman–Crippen LogP) is 2.67. The van der Waals surface area contributed by atoms with Gasteiger partial charge in [-0.1, -0.05) is 30.3 Å². The van der Waals surface area contributed by atoms with Crippen LogP contribution < -0.4 is 5.73 Å². The molecule has 0 unspecified atom stereocenters. The largest absolute Gasteiger partial charge is 0.468 e. The van der Waals surface area contributed by atoms with Gasteiger partial charge in [-0.3, -0.25) is 4.90 Å². The Bertz CT molecular complexity index is 439. The normalized spacial score (nSPS) is 11.1. The van der Waals surface area contributed by atoms with Gasteiger partial charge in [0.2, 0.25) is 0 Å². The topological polar surface area (TPSA) is 42.4 Å². The summed E-state index contributed by atoms with van der Waals surface area (Å²) in [5.74, 6) is 1.02. The predicted molar refractivity (Wildman–Crippen MR) is 77.8 cm³/mol. The van der Waals surface area contributed by atoms with Gasteiger partial charge in [0.15, 0.2) is 0 Å². The first kappa shape index (κ1) is 13.8. The molecular formula is C16H22N2O. The van der Waals surface area contributed by atoms with E-state index in [1.807, 2.05) is 12.1 Å². The van der Waals surface area contributed by atoms with Crippen molar-refractivity contribution < 1.29 is 4.42 Å². The van der Waals surface area contributed by atoms with E-state index in [0.29, 0.717) is 0 Å². The summed E-state index contributed by atoms with van der Waals surface area (Å²) in [5, 5.41) is 0. The number of furan rings is 1. The minimum atomic E-state index is 0.736. The Hall–Kier alpha value is -1.58. The summed E-state index contributed by atoms with van der Waals surface area (Å²) >= 11 is 0. The van der Waals surface area contributed by atoms with Crippen molar-refractivity contribution in [3.63, 3.8) is 0 Å². The fourth-order valence-electron chi connectivity index (χ4n) is 2.14. The molecule has 2 aromatic rings. The van der Waals surface area contributed by atoms with Gasteiger partial charge in [0.1, 0.15) is 5.76 Å². The summed E-state index contributed by atoms with van der Waals surface area (Å²) in [7, 11) is 0. The molecule has 0 fully saturated rings. The van der Waals surface area contributed by atoms with Gasteiger partial charge in [-0.25, -0.2) is 0 Å². The molecule has 0 bridgehead atoms. The van der Waals surface area contributed by atoms with Crippen LogP contribution in [0.15, 0.2) is 53.1 Å². The quantitative estimate of drug-likeness (QED) is 0.791. The molecule has 0 spiro atoms. The summed E-state index contributed by atoms with van der Waals surface area (Å²) < 4.78 is 5.42. The van der Waals surface area contributed by atoms with Crippen LogP contribution in [0.3, 0.4) is 0 Å². The van der Waals surface area contributed by atoms with Crippen molar-refractivity contribution in [1.29, 1.82) is 0 Å². The second-order valence-electron chi connectivity index (χ2n) is 4.73. The van der Waals surface area contributed by atoms with Gasteiger partial charge < -0.3 is 10.2 Å². The molecule has 0 aliphatic carbocycles. The molecule has 102 valence electrons. The Morgan fingerprint density at radius 2 is 1.84 bits per heavy atom. The molecule has 0 saturated carbocycles. The zero-order chi connectivity index (χ0) is 13.3. The molecule has 0 aliphatic heterocycles. The second-order valence-corrected chi connectivity index (χ2v) is 4.73. The molecule has 1 aromatic heterocycles. The lowest BCUT2D eigenvalue weighted by molar-refractivity contribution is 0.245. The van der Waals surface area contributed by atoms with Gasteiger partial charge in [-0.2, -0.15) is 0 Å². The molecule has 0 atom stereocenters. The van der Waals surface area contributed by atoms with E-state index in [9.17, 15) is 0 Å². The van der Waals surface area contributed by atoms with E-state index in [4.69, 9.17) is 10.2 Å². The minimum Gasteiger partial charge on any atom is -0.468 e. The van der Waals surface area contributed by atoms with Crippen LogP contribution in [0.5, 0.6) is 0 Å². The van der Waals surface area contributed by atoms with E-state index < -0.39 is 0 Å². The molecule has 2 N–H and O–H groups in total. The average molecular weight is 258 g/mol.